The second-order valence-corrected chi connectivity index (χ2v) is 28.7. The van der Waals surface area contributed by atoms with E-state index >= 15 is 0 Å². The van der Waals surface area contributed by atoms with Gasteiger partial charge in [0.1, 0.15) is 0 Å². The topological polar surface area (TPSA) is 155 Å². The summed E-state index contributed by atoms with van der Waals surface area (Å²) in [5.74, 6) is 5.90. The van der Waals surface area contributed by atoms with Gasteiger partial charge in [-0.2, -0.15) is 0 Å². The highest BCUT2D eigenvalue weighted by atomic mass is 15.1. The van der Waals surface area contributed by atoms with E-state index in [1.54, 1.807) is 6.20 Å². The third kappa shape index (κ3) is 16.0. The summed E-state index contributed by atoms with van der Waals surface area (Å²) in [6.45, 7) is 0. The van der Waals surface area contributed by atoms with Crippen LogP contribution < -0.4 is 0 Å². The minimum Gasteiger partial charge on any atom is -0.265 e. The van der Waals surface area contributed by atoms with E-state index in [4.69, 9.17) is 44.9 Å². The Hall–Kier alpha value is -16.4. The van der Waals surface area contributed by atoms with E-state index in [1.165, 1.54) is 11.1 Å². The van der Waals surface area contributed by atoms with Crippen LogP contribution in [-0.2, 0) is 0 Å². The molecule has 0 spiro atoms. The lowest BCUT2D eigenvalue weighted by Gasteiger charge is -2.13. The SMILES string of the molecule is c1ccc(-c2nc(-c3ccccc3)nc(-c3ccc(-c4ccc(-c5ccccn5)cc4)c4ccccc34)n2)cc1.c1ccc(-c2nc(-c3ccccc3)nc(-c3ccc(-c4ccc(-c5cccnc5)cc4)c4ccccc34)n2)cc1.c1ccc(-c2nc(-c3ccccc3)nc(-c3ccc(-c4ccc(-c5ccncc5)cc4)c4ccccc34)n2)cc1. The fourth-order valence-corrected chi connectivity index (χ4v) is 15.1. The number of nitrogens with zero attached hydrogens (tertiary/aromatic N) is 12. The van der Waals surface area contributed by atoms with E-state index in [2.05, 4.69) is 203 Å². The van der Waals surface area contributed by atoms with Crippen molar-refractivity contribution in [3.8, 4) is 169 Å². The number of rotatable bonds is 15. The molecule has 0 aliphatic rings. The molecule has 0 bridgehead atoms. The first-order valence-electron chi connectivity index (χ1n) is 39.7. The molecule has 0 N–H and O–H groups in total. The Bertz CT molecular complexity index is 6270. The molecular weight excluding hydrogens is 1470 g/mol. The summed E-state index contributed by atoms with van der Waals surface area (Å²) in [5.41, 5.74) is 22.2. The first-order valence-corrected chi connectivity index (χ1v) is 39.7. The van der Waals surface area contributed by atoms with Gasteiger partial charge in [0.2, 0.25) is 0 Å². The third-order valence-corrected chi connectivity index (χ3v) is 21.1. The second kappa shape index (κ2) is 34.3. The summed E-state index contributed by atoms with van der Waals surface area (Å²) in [7, 11) is 0. The zero-order valence-electron chi connectivity index (χ0n) is 64.9. The van der Waals surface area contributed by atoms with Gasteiger partial charge in [0.25, 0.3) is 0 Å². The molecule has 0 atom stereocenters. The second-order valence-electron chi connectivity index (χ2n) is 28.7. The molecule has 0 amide bonds. The highest BCUT2D eigenvalue weighted by Gasteiger charge is 2.21. The average molecular weight is 1540 g/mol. The number of hydrogen-bond acceptors (Lipinski definition) is 12. The maximum absolute atomic E-state index is 4.97. The zero-order valence-corrected chi connectivity index (χ0v) is 64.9. The first-order chi connectivity index (χ1) is 59.5. The third-order valence-electron chi connectivity index (χ3n) is 21.1. The van der Waals surface area contributed by atoms with Crippen LogP contribution in [0.5, 0.6) is 0 Å². The number of aromatic nitrogens is 12. The predicted octanol–water partition coefficient (Wildman–Crippen LogP) is 26.3. The molecule has 0 saturated heterocycles. The normalized spacial score (nSPS) is 11.0. The molecule has 12 heteroatoms. The molecule has 0 aliphatic carbocycles. The van der Waals surface area contributed by atoms with Gasteiger partial charge in [0.15, 0.2) is 52.4 Å². The van der Waals surface area contributed by atoms with Gasteiger partial charge in [-0.05, 0) is 136 Å². The molecule has 21 aromatic rings. The van der Waals surface area contributed by atoms with Gasteiger partial charge in [0, 0.05) is 86.6 Å². The first kappa shape index (κ1) is 73.7. The number of pyridine rings is 3. The summed E-state index contributed by atoms with van der Waals surface area (Å²) < 4.78 is 0. The molecule has 0 saturated carbocycles. The van der Waals surface area contributed by atoms with Crippen LogP contribution >= 0.6 is 0 Å². The van der Waals surface area contributed by atoms with Crippen molar-refractivity contribution < 1.29 is 0 Å². The van der Waals surface area contributed by atoms with Crippen molar-refractivity contribution in [1.29, 1.82) is 0 Å². The van der Waals surface area contributed by atoms with Crippen LogP contribution in [0.1, 0.15) is 0 Å². The lowest BCUT2D eigenvalue weighted by Crippen LogP contribution is -2.00. The van der Waals surface area contributed by atoms with Crippen LogP contribution in [-0.4, -0.2) is 59.8 Å². The maximum Gasteiger partial charge on any atom is 0.164 e. The van der Waals surface area contributed by atoms with Crippen molar-refractivity contribution in [2.75, 3.05) is 0 Å². The van der Waals surface area contributed by atoms with E-state index in [0.29, 0.717) is 52.4 Å². The Morgan fingerprint density at radius 1 is 0.125 bits per heavy atom. The molecule has 21 rings (SSSR count). The largest absolute Gasteiger partial charge is 0.265 e. The Balaban J connectivity index is 0.000000119. The molecule has 0 aliphatic heterocycles. The fourth-order valence-electron chi connectivity index (χ4n) is 15.1. The van der Waals surface area contributed by atoms with Crippen LogP contribution in [0.25, 0.3) is 202 Å². The summed E-state index contributed by atoms with van der Waals surface area (Å²) in [6.07, 6.45) is 9.15. The molecule has 15 aromatic carbocycles. The maximum atomic E-state index is 4.97. The van der Waals surface area contributed by atoms with Crippen molar-refractivity contribution in [3.63, 3.8) is 0 Å². The molecule has 120 heavy (non-hydrogen) atoms. The summed E-state index contributed by atoms with van der Waals surface area (Å²) >= 11 is 0. The lowest BCUT2D eigenvalue weighted by molar-refractivity contribution is 1.08. The van der Waals surface area contributed by atoms with Gasteiger partial charge in [-0.25, -0.2) is 44.9 Å². The smallest absolute Gasteiger partial charge is 0.164 e. The Labute approximate surface area is 694 Å². The molecule has 6 heterocycles. The van der Waals surface area contributed by atoms with E-state index in [-0.39, 0.29) is 0 Å². The number of hydrogen-bond donors (Lipinski definition) is 0. The predicted molar refractivity (Wildman–Crippen MR) is 487 cm³/mol. The van der Waals surface area contributed by atoms with Gasteiger partial charge in [-0.1, -0.05) is 358 Å². The van der Waals surface area contributed by atoms with E-state index in [0.717, 1.165) is 138 Å². The summed E-state index contributed by atoms with van der Waals surface area (Å²) in [5, 5.41) is 6.74. The van der Waals surface area contributed by atoms with Crippen LogP contribution in [0, 0.1) is 0 Å². The van der Waals surface area contributed by atoms with Crippen molar-refractivity contribution in [2.24, 2.45) is 0 Å². The van der Waals surface area contributed by atoms with E-state index in [9.17, 15) is 0 Å². The van der Waals surface area contributed by atoms with Gasteiger partial charge in [-0.3, -0.25) is 15.0 Å². The summed E-state index contributed by atoms with van der Waals surface area (Å²) in [6, 6.07) is 139. The molecule has 12 nitrogen and oxygen atoms in total. The molecule has 0 unspecified atom stereocenters. The minimum atomic E-state index is 0.654. The van der Waals surface area contributed by atoms with Crippen LogP contribution in [0.4, 0.5) is 0 Å². The van der Waals surface area contributed by atoms with Crippen LogP contribution in [0.2, 0.25) is 0 Å². The van der Waals surface area contributed by atoms with Crippen molar-refractivity contribution in [2.45, 2.75) is 0 Å². The molecule has 0 radical (unpaired) electrons. The van der Waals surface area contributed by atoms with Crippen molar-refractivity contribution >= 4 is 32.3 Å². The van der Waals surface area contributed by atoms with Crippen molar-refractivity contribution in [1.82, 2.24) is 59.8 Å². The average Bonchev–Trinajstić information content (AvgIpc) is 0.772. The van der Waals surface area contributed by atoms with Gasteiger partial charge < -0.3 is 0 Å². The van der Waals surface area contributed by atoms with E-state index in [1.807, 2.05) is 243 Å². The molecule has 6 aromatic heterocycles. The highest BCUT2D eigenvalue weighted by molar-refractivity contribution is 6.07. The molecular formula is C108H72N12. The van der Waals surface area contributed by atoms with Crippen LogP contribution in [0.3, 0.4) is 0 Å². The molecule has 564 valence electrons. The zero-order chi connectivity index (χ0) is 80.2. The standard InChI is InChI=1S/3C36H24N4/c1-3-11-27(12-4-1)34-38-35(28-13-5-2-6-14-28)40-36(39-34)32-23-22-29(30-15-7-8-16-31(30)32)25-18-20-26(21-19-25)33-17-9-10-24-37-33;1-3-10-27(11-4-1)34-38-35(28-12-5-2-6-13-28)40-36(39-34)33-22-21-30(31-15-7-8-16-32(31)33)26-19-17-25(18-20-26)29-14-9-23-37-24-29;1-3-9-28(10-4-1)34-38-35(29-11-5-2-6-12-29)40-36(39-34)33-20-19-30(31-13-7-8-14-32(31)33)27-17-15-25(16-18-27)26-21-23-37-24-22-26/h3*1-24H. The van der Waals surface area contributed by atoms with Crippen LogP contribution in [0.15, 0.2) is 437 Å². The van der Waals surface area contributed by atoms with Gasteiger partial charge in [-0.15, -0.1) is 0 Å². The number of fused-ring (bicyclic) bond motifs is 3. The van der Waals surface area contributed by atoms with Crippen molar-refractivity contribution in [3.05, 3.63) is 437 Å². The number of benzene rings is 15. The lowest BCUT2D eigenvalue weighted by atomic mass is 9.93. The Morgan fingerprint density at radius 2 is 0.367 bits per heavy atom. The van der Waals surface area contributed by atoms with Gasteiger partial charge in [0.05, 0.1) is 5.69 Å². The van der Waals surface area contributed by atoms with E-state index < -0.39 is 0 Å². The monoisotopic (exact) mass is 1540 g/mol. The minimum absolute atomic E-state index is 0.654. The Morgan fingerprint density at radius 3 is 0.658 bits per heavy atom. The quantitative estimate of drug-likeness (QED) is 0.0959. The Kier molecular flexibility index (Phi) is 21.1. The molecule has 0 fully saturated rings. The fraction of sp³-hybridized carbons (Fsp3) is 0. The van der Waals surface area contributed by atoms with Gasteiger partial charge >= 0.3 is 0 Å². The summed E-state index contributed by atoms with van der Waals surface area (Å²) in [4.78, 5) is 57.2. The highest BCUT2D eigenvalue weighted by Crippen LogP contribution is 2.41.